The van der Waals surface area contributed by atoms with Crippen LogP contribution in [0.3, 0.4) is 0 Å². The first-order valence-corrected chi connectivity index (χ1v) is 17.2. The summed E-state index contributed by atoms with van der Waals surface area (Å²) in [6.45, 7) is 1.90. The number of aliphatic carboxylic acids is 1. The molecule has 6 rings (SSSR count). The minimum absolute atomic E-state index is 0.0285. The molecule has 11 nitrogen and oxygen atoms in total. The number of methoxy groups -OCH3 is 1. The maximum Gasteiger partial charge on any atom is 0.490 e. The number of nitrogens with zero attached hydrogens (tertiary/aromatic N) is 2. The Morgan fingerprint density at radius 2 is 1.77 bits per heavy atom. The highest BCUT2D eigenvalue weighted by Crippen LogP contribution is 2.52. The monoisotopic (exact) mass is 712 g/mol. The highest BCUT2D eigenvalue weighted by Gasteiger charge is 2.53. The fourth-order valence-corrected chi connectivity index (χ4v) is 8.15. The standard InChI is InChI=1S/C30H35ClN4O5S.C2HF3O2/c1-40-23-7-5-22(6-8-23)35-16-3-2-11-30(12-4-15-32-30)28(37)34-19-21(18-29(20-34)13-14-29)33-27(36)25-17-24(41(35,38)39)9-10-26(25)31;3-2(4,5)1(6)7/h2-3,5-10,17,21,32H,4,11-16,18-20H2,1H3,(H,33,36);(H,6,7)/b3-2-;. The number of sulfonamides is 1. The van der Waals surface area contributed by atoms with E-state index in [0.717, 1.165) is 32.2 Å². The van der Waals surface area contributed by atoms with Gasteiger partial charge in [0, 0.05) is 19.1 Å². The Hall–Kier alpha value is -3.82. The molecule has 2 unspecified atom stereocenters. The number of alkyl halides is 3. The minimum Gasteiger partial charge on any atom is -0.497 e. The van der Waals surface area contributed by atoms with Gasteiger partial charge < -0.3 is 25.4 Å². The van der Waals surface area contributed by atoms with Crippen LogP contribution in [0.25, 0.3) is 0 Å². The molecule has 3 N–H and O–H groups in total. The molecule has 0 radical (unpaired) electrons. The van der Waals surface area contributed by atoms with Gasteiger partial charge in [-0.1, -0.05) is 23.8 Å². The van der Waals surface area contributed by atoms with Crippen molar-refractivity contribution < 1.29 is 45.8 Å². The van der Waals surface area contributed by atoms with Crippen LogP contribution >= 0.6 is 11.6 Å². The molecule has 0 aromatic heterocycles. The summed E-state index contributed by atoms with van der Waals surface area (Å²) in [4.78, 5) is 38.4. The number of amides is 2. The molecule has 48 heavy (non-hydrogen) atoms. The predicted octanol–water partition coefficient (Wildman–Crippen LogP) is 4.37. The number of halogens is 4. The van der Waals surface area contributed by atoms with E-state index in [2.05, 4.69) is 10.6 Å². The lowest BCUT2D eigenvalue weighted by Gasteiger charge is -2.42. The van der Waals surface area contributed by atoms with Crippen LogP contribution in [0.5, 0.6) is 5.75 Å². The molecule has 3 heterocycles. The number of nitrogens with one attached hydrogen (secondary N) is 2. The number of carbonyl (C=O) groups is 3. The Morgan fingerprint density at radius 3 is 2.35 bits per heavy atom. The second-order valence-electron chi connectivity index (χ2n) is 12.5. The quantitative estimate of drug-likeness (QED) is 0.390. The maximum absolute atomic E-state index is 14.1. The Balaban J connectivity index is 0.000000582. The van der Waals surface area contributed by atoms with E-state index in [1.165, 1.54) is 22.5 Å². The maximum atomic E-state index is 14.1. The predicted molar refractivity (Wildman–Crippen MR) is 171 cm³/mol. The third kappa shape index (κ3) is 7.57. The van der Waals surface area contributed by atoms with Gasteiger partial charge in [-0.05, 0) is 92.9 Å². The lowest BCUT2D eigenvalue weighted by atomic mass is 9.86. The molecule has 3 aliphatic heterocycles. The van der Waals surface area contributed by atoms with Gasteiger partial charge >= 0.3 is 12.1 Å². The summed E-state index contributed by atoms with van der Waals surface area (Å²) in [6.07, 6.45) is 3.51. The van der Waals surface area contributed by atoms with E-state index in [9.17, 15) is 31.2 Å². The summed E-state index contributed by atoms with van der Waals surface area (Å²) in [6, 6.07) is 10.7. The van der Waals surface area contributed by atoms with Gasteiger partial charge in [0.2, 0.25) is 5.91 Å². The zero-order valence-corrected chi connectivity index (χ0v) is 27.6. The van der Waals surface area contributed by atoms with E-state index in [-0.39, 0.29) is 39.4 Å². The molecule has 4 aliphatic rings. The Morgan fingerprint density at radius 1 is 1.08 bits per heavy atom. The third-order valence-corrected chi connectivity index (χ3v) is 11.3. The average molecular weight is 713 g/mol. The van der Waals surface area contributed by atoms with E-state index in [4.69, 9.17) is 26.2 Å². The van der Waals surface area contributed by atoms with E-state index in [0.29, 0.717) is 37.4 Å². The van der Waals surface area contributed by atoms with Crippen molar-refractivity contribution in [1.29, 1.82) is 0 Å². The van der Waals surface area contributed by atoms with Crippen LogP contribution in [0, 0.1) is 5.41 Å². The van der Waals surface area contributed by atoms with Crippen molar-refractivity contribution in [3.05, 3.63) is 65.2 Å². The smallest absolute Gasteiger partial charge is 0.490 e. The molecule has 2 atom stereocenters. The molecule has 4 bridgehead atoms. The van der Waals surface area contributed by atoms with E-state index in [1.807, 2.05) is 11.0 Å². The first kappa shape index (κ1) is 35.5. The van der Waals surface area contributed by atoms with Crippen LogP contribution in [0.1, 0.15) is 48.9 Å². The molecule has 2 aromatic carbocycles. The third-order valence-electron chi connectivity index (χ3n) is 9.16. The van der Waals surface area contributed by atoms with Crippen molar-refractivity contribution in [2.75, 3.05) is 37.6 Å². The van der Waals surface area contributed by atoms with Gasteiger partial charge in [-0.15, -0.1) is 0 Å². The summed E-state index contributed by atoms with van der Waals surface area (Å²) in [5.41, 5.74) is -0.182. The molecule has 2 spiro atoms. The molecule has 2 amide bonds. The van der Waals surface area contributed by atoms with Crippen molar-refractivity contribution in [1.82, 2.24) is 15.5 Å². The largest absolute Gasteiger partial charge is 0.497 e. The number of benzene rings is 2. The van der Waals surface area contributed by atoms with Gasteiger partial charge in [0.1, 0.15) is 11.3 Å². The Kier molecular flexibility index (Phi) is 10.0. The molecule has 16 heteroatoms. The minimum atomic E-state index is -5.08. The molecule has 1 saturated carbocycles. The second kappa shape index (κ2) is 13.6. The van der Waals surface area contributed by atoms with E-state index < -0.39 is 33.6 Å². The van der Waals surface area contributed by atoms with Crippen LogP contribution in [-0.4, -0.2) is 87.3 Å². The molecule has 260 valence electrons. The zero-order chi connectivity index (χ0) is 34.9. The normalized spacial score (nSPS) is 25.6. The first-order chi connectivity index (χ1) is 22.6. The lowest BCUT2D eigenvalue weighted by molar-refractivity contribution is -0.192. The number of hydrogen-bond acceptors (Lipinski definition) is 7. The summed E-state index contributed by atoms with van der Waals surface area (Å²) in [5.74, 6) is -2.55. The molecule has 2 aromatic rings. The van der Waals surface area contributed by atoms with Gasteiger partial charge in [-0.3, -0.25) is 13.9 Å². The van der Waals surface area contributed by atoms with E-state index >= 15 is 0 Å². The van der Waals surface area contributed by atoms with Gasteiger partial charge in [0.05, 0.1) is 34.8 Å². The van der Waals surface area contributed by atoms with Crippen molar-refractivity contribution in [3.8, 4) is 5.75 Å². The van der Waals surface area contributed by atoms with Crippen molar-refractivity contribution >= 4 is 45.1 Å². The van der Waals surface area contributed by atoms with Crippen molar-refractivity contribution in [2.24, 2.45) is 5.41 Å². The summed E-state index contributed by atoms with van der Waals surface area (Å²) in [7, 11) is -2.55. The summed E-state index contributed by atoms with van der Waals surface area (Å²) in [5, 5.41) is 13.8. The molecule has 3 fully saturated rings. The number of rotatable bonds is 2. The van der Waals surface area contributed by atoms with Crippen LogP contribution in [0.15, 0.2) is 59.5 Å². The number of carboxylic acids is 1. The number of ether oxygens (including phenoxy) is 1. The molecular weight excluding hydrogens is 677 g/mol. The molecule has 2 saturated heterocycles. The number of fused-ring (bicyclic) bond motifs is 4. The van der Waals surface area contributed by atoms with Gasteiger partial charge in [-0.25, -0.2) is 13.2 Å². The van der Waals surface area contributed by atoms with Crippen LogP contribution in [0.4, 0.5) is 18.9 Å². The fraction of sp³-hybridized carbons (Fsp3) is 0.469. The van der Waals surface area contributed by atoms with Crippen molar-refractivity contribution in [3.63, 3.8) is 0 Å². The molecule has 1 aliphatic carbocycles. The fourth-order valence-electron chi connectivity index (χ4n) is 6.51. The average Bonchev–Trinajstić information content (AvgIpc) is 3.58. The van der Waals surface area contributed by atoms with Crippen LogP contribution < -0.4 is 19.7 Å². The van der Waals surface area contributed by atoms with Gasteiger partial charge in [0.25, 0.3) is 15.9 Å². The van der Waals surface area contributed by atoms with Crippen LogP contribution in [0.2, 0.25) is 5.02 Å². The highest BCUT2D eigenvalue weighted by molar-refractivity contribution is 7.92. The number of carbonyl (C=O) groups excluding carboxylic acids is 2. The van der Waals surface area contributed by atoms with Crippen molar-refractivity contribution in [2.45, 2.75) is 61.2 Å². The number of anilines is 1. The Bertz CT molecular complexity index is 1690. The first-order valence-electron chi connectivity index (χ1n) is 15.4. The number of hydrogen-bond donors (Lipinski definition) is 3. The highest BCUT2D eigenvalue weighted by atomic mass is 35.5. The summed E-state index contributed by atoms with van der Waals surface area (Å²) >= 11 is 6.44. The number of carboxylic acid groups (broad SMARTS) is 1. The van der Waals surface area contributed by atoms with Crippen LogP contribution in [-0.2, 0) is 19.6 Å². The number of piperidine rings is 1. The topological polar surface area (TPSA) is 145 Å². The van der Waals surface area contributed by atoms with Gasteiger partial charge in [-0.2, -0.15) is 13.2 Å². The molecular formula is C32H36ClF3N4O7S. The Labute approximate surface area is 281 Å². The zero-order valence-electron chi connectivity index (χ0n) is 26.1. The summed E-state index contributed by atoms with van der Waals surface area (Å²) < 4.78 is 66.4. The second-order valence-corrected chi connectivity index (χ2v) is 14.8. The SMILES string of the molecule is COc1ccc(N2C/C=C\CC3(CCCN3)C(=O)N3CC(CC4(CC4)C3)NC(=O)c3cc(ccc3Cl)S2(=O)=O)cc1.O=C(O)C(F)(F)F. The van der Waals surface area contributed by atoms with E-state index in [1.54, 1.807) is 37.5 Å². The lowest BCUT2D eigenvalue weighted by Crippen LogP contribution is -2.61. The van der Waals surface area contributed by atoms with Gasteiger partial charge in [0.15, 0.2) is 0 Å².